The minimum Gasteiger partial charge on any atom is -0.486 e. The van der Waals surface area contributed by atoms with E-state index in [1.165, 1.54) is 4.90 Å². The minimum absolute atomic E-state index is 0.0149. The van der Waals surface area contributed by atoms with Crippen LogP contribution in [0, 0.1) is 23.7 Å². The number of benzene rings is 1. The summed E-state index contributed by atoms with van der Waals surface area (Å²) in [7, 11) is 0. The zero-order valence-corrected chi connectivity index (χ0v) is 12.2. The molecular weight excluding hydrogens is 282 g/mol. The lowest BCUT2D eigenvalue weighted by atomic mass is 9.81. The van der Waals surface area contributed by atoms with Crippen LogP contribution in [0.2, 0.25) is 0 Å². The van der Waals surface area contributed by atoms with E-state index in [9.17, 15) is 9.59 Å². The van der Waals surface area contributed by atoms with Crippen LogP contribution in [-0.2, 0) is 9.59 Å². The largest absolute Gasteiger partial charge is 0.486 e. The number of imide groups is 1. The topological polar surface area (TPSA) is 55.8 Å². The lowest BCUT2D eigenvalue weighted by molar-refractivity contribution is -0.123. The molecule has 2 amide bonds. The molecule has 2 heterocycles. The highest BCUT2D eigenvalue weighted by atomic mass is 16.6. The number of anilines is 1. The van der Waals surface area contributed by atoms with Crippen LogP contribution in [0.25, 0.3) is 0 Å². The second kappa shape index (κ2) is 4.24. The fourth-order valence-electron chi connectivity index (χ4n) is 4.83. The Morgan fingerprint density at radius 2 is 1.55 bits per heavy atom. The number of carbonyl (C=O) groups is 2. The van der Waals surface area contributed by atoms with Crippen molar-refractivity contribution >= 4 is 17.5 Å². The zero-order valence-electron chi connectivity index (χ0n) is 12.2. The molecule has 4 unspecified atom stereocenters. The number of rotatable bonds is 1. The maximum absolute atomic E-state index is 12.8. The highest BCUT2D eigenvalue weighted by Crippen LogP contribution is 2.56. The molecule has 5 heteroatoms. The van der Waals surface area contributed by atoms with Gasteiger partial charge in [-0.05, 0) is 43.2 Å². The minimum atomic E-state index is -0.0838. The van der Waals surface area contributed by atoms with Crippen molar-refractivity contribution in [1.82, 2.24) is 0 Å². The van der Waals surface area contributed by atoms with Crippen LogP contribution < -0.4 is 14.4 Å². The first-order valence-corrected chi connectivity index (χ1v) is 8.01. The third kappa shape index (κ3) is 1.49. The van der Waals surface area contributed by atoms with Gasteiger partial charge >= 0.3 is 0 Å². The maximum atomic E-state index is 12.8. The van der Waals surface area contributed by atoms with Gasteiger partial charge in [0.05, 0.1) is 17.5 Å². The Balaban J connectivity index is 1.53. The summed E-state index contributed by atoms with van der Waals surface area (Å²) in [5, 5.41) is 0. The molecule has 2 aliphatic heterocycles. The molecule has 5 nitrogen and oxygen atoms in total. The summed E-state index contributed by atoms with van der Waals surface area (Å²) in [6.07, 6.45) is 3.25. The predicted octanol–water partition coefficient (Wildman–Crippen LogP) is 1.99. The molecule has 2 saturated carbocycles. The molecule has 1 saturated heterocycles. The number of hydrogen-bond donors (Lipinski definition) is 0. The van der Waals surface area contributed by atoms with Gasteiger partial charge in [0.2, 0.25) is 11.8 Å². The van der Waals surface area contributed by atoms with E-state index in [0.717, 1.165) is 19.3 Å². The van der Waals surface area contributed by atoms with E-state index in [1.807, 2.05) is 0 Å². The van der Waals surface area contributed by atoms with Gasteiger partial charge in [-0.3, -0.25) is 9.59 Å². The van der Waals surface area contributed by atoms with Crippen LogP contribution >= 0.6 is 0 Å². The van der Waals surface area contributed by atoms with Gasteiger partial charge in [-0.15, -0.1) is 0 Å². The lowest BCUT2D eigenvalue weighted by Gasteiger charge is -2.22. The predicted molar refractivity (Wildman–Crippen MR) is 77.7 cm³/mol. The number of carbonyl (C=O) groups excluding carboxylic acids is 2. The molecule has 5 rings (SSSR count). The Labute approximate surface area is 128 Å². The van der Waals surface area contributed by atoms with Gasteiger partial charge in [0.15, 0.2) is 11.5 Å². The summed E-state index contributed by atoms with van der Waals surface area (Å²) in [6, 6.07) is 5.33. The van der Waals surface area contributed by atoms with Crippen LogP contribution in [-0.4, -0.2) is 25.0 Å². The quantitative estimate of drug-likeness (QED) is 0.744. The second-order valence-electron chi connectivity index (χ2n) is 6.72. The average Bonchev–Trinajstić information content (AvgIpc) is 3.21. The number of fused-ring (bicyclic) bond motifs is 6. The Bertz CT molecular complexity index is 657. The van der Waals surface area contributed by atoms with Crippen molar-refractivity contribution in [3.63, 3.8) is 0 Å². The standard InChI is InChI=1S/C17H17NO4/c19-16-14-9-1-2-10(7-9)15(14)17(20)18(16)11-3-4-12-13(8-11)22-6-5-21-12/h3-4,8-10,14-15H,1-2,5-7H2. The third-order valence-corrected chi connectivity index (χ3v) is 5.71. The van der Waals surface area contributed by atoms with Gasteiger partial charge in [-0.25, -0.2) is 4.90 Å². The van der Waals surface area contributed by atoms with E-state index >= 15 is 0 Å². The number of hydrogen-bond acceptors (Lipinski definition) is 4. The van der Waals surface area contributed by atoms with Crippen molar-refractivity contribution < 1.29 is 19.1 Å². The summed E-state index contributed by atoms with van der Waals surface area (Å²) in [6.45, 7) is 1.02. The number of nitrogens with zero attached hydrogens (tertiary/aromatic N) is 1. The summed E-state index contributed by atoms with van der Waals surface area (Å²) >= 11 is 0. The highest BCUT2D eigenvalue weighted by molar-refractivity contribution is 6.22. The Kier molecular flexibility index (Phi) is 2.41. The normalized spacial score (nSPS) is 35.2. The lowest BCUT2D eigenvalue weighted by Crippen LogP contribution is -2.32. The molecule has 4 atom stereocenters. The maximum Gasteiger partial charge on any atom is 0.237 e. The van der Waals surface area contributed by atoms with Crippen LogP contribution in [0.3, 0.4) is 0 Å². The van der Waals surface area contributed by atoms with E-state index in [-0.39, 0.29) is 23.7 Å². The molecule has 0 aromatic heterocycles. The van der Waals surface area contributed by atoms with Gasteiger partial charge in [-0.2, -0.15) is 0 Å². The van der Waals surface area contributed by atoms with Crippen molar-refractivity contribution in [2.24, 2.45) is 23.7 Å². The van der Waals surface area contributed by atoms with Crippen molar-refractivity contribution in [3.05, 3.63) is 18.2 Å². The van der Waals surface area contributed by atoms with Gasteiger partial charge in [0.25, 0.3) is 0 Å². The number of amides is 2. The van der Waals surface area contributed by atoms with Gasteiger partial charge in [0, 0.05) is 6.07 Å². The first-order valence-electron chi connectivity index (χ1n) is 8.01. The first-order chi connectivity index (χ1) is 10.7. The monoisotopic (exact) mass is 299 g/mol. The van der Waals surface area contributed by atoms with Crippen LogP contribution in [0.5, 0.6) is 11.5 Å². The molecule has 0 spiro atoms. The molecule has 3 fully saturated rings. The summed E-state index contributed by atoms with van der Waals surface area (Å²) in [5.74, 6) is 1.91. The average molecular weight is 299 g/mol. The van der Waals surface area contributed by atoms with Crippen LogP contribution in [0.1, 0.15) is 19.3 Å². The summed E-state index contributed by atoms with van der Waals surface area (Å²) in [4.78, 5) is 27.0. The van der Waals surface area contributed by atoms with Crippen molar-refractivity contribution in [2.75, 3.05) is 18.1 Å². The molecule has 0 radical (unpaired) electrons. The first kappa shape index (κ1) is 12.5. The van der Waals surface area contributed by atoms with Gasteiger partial charge in [-0.1, -0.05) is 0 Å². The summed E-state index contributed by atoms with van der Waals surface area (Å²) < 4.78 is 11.1. The van der Waals surface area contributed by atoms with E-state index in [0.29, 0.717) is 42.2 Å². The molecule has 1 aromatic rings. The molecule has 4 aliphatic rings. The van der Waals surface area contributed by atoms with Gasteiger partial charge < -0.3 is 9.47 Å². The number of ether oxygens (including phenoxy) is 2. The smallest absolute Gasteiger partial charge is 0.237 e. The molecule has 2 bridgehead atoms. The second-order valence-corrected chi connectivity index (χ2v) is 6.72. The van der Waals surface area contributed by atoms with Gasteiger partial charge in [0.1, 0.15) is 13.2 Å². The molecule has 2 aliphatic carbocycles. The van der Waals surface area contributed by atoms with E-state index < -0.39 is 0 Å². The Hall–Kier alpha value is -2.04. The third-order valence-electron chi connectivity index (χ3n) is 5.71. The highest BCUT2D eigenvalue weighted by Gasteiger charge is 2.61. The fraction of sp³-hybridized carbons (Fsp3) is 0.529. The molecule has 22 heavy (non-hydrogen) atoms. The molecule has 1 aromatic carbocycles. The zero-order chi connectivity index (χ0) is 14.8. The van der Waals surface area contributed by atoms with Crippen molar-refractivity contribution in [3.8, 4) is 11.5 Å². The van der Waals surface area contributed by atoms with E-state index in [4.69, 9.17) is 9.47 Å². The molecular formula is C17H17NO4. The Morgan fingerprint density at radius 1 is 0.909 bits per heavy atom. The van der Waals surface area contributed by atoms with Crippen molar-refractivity contribution in [1.29, 1.82) is 0 Å². The van der Waals surface area contributed by atoms with E-state index in [1.54, 1.807) is 18.2 Å². The van der Waals surface area contributed by atoms with Crippen molar-refractivity contribution in [2.45, 2.75) is 19.3 Å². The molecule has 0 N–H and O–H groups in total. The Morgan fingerprint density at radius 3 is 2.23 bits per heavy atom. The fourth-order valence-corrected chi connectivity index (χ4v) is 4.83. The molecule has 114 valence electrons. The van der Waals surface area contributed by atoms with E-state index in [2.05, 4.69) is 0 Å². The van der Waals surface area contributed by atoms with Crippen LogP contribution in [0.4, 0.5) is 5.69 Å². The van der Waals surface area contributed by atoms with Crippen LogP contribution in [0.15, 0.2) is 18.2 Å². The SMILES string of the molecule is O=C1C2C3CCC(C3)C2C(=O)N1c1ccc2c(c1)OCCO2. The summed E-state index contributed by atoms with van der Waals surface area (Å²) in [5.41, 5.74) is 0.619.